The number of nitrogens with one attached hydrogen (secondary N) is 1. The van der Waals surface area contributed by atoms with Gasteiger partial charge in [0.2, 0.25) is 0 Å². The molecule has 1 saturated carbocycles. The highest BCUT2D eigenvalue weighted by Crippen LogP contribution is 2.35. The van der Waals surface area contributed by atoms with Crippen LogP contribution < -0.4 is 5.32 Å². The molecule has 4 heteroatoms. The number of ether oxygens (including phenoxy) is 2. The standard InChI is InChI=1S/C17H32N2O2/c1-15(14-19-9-3-2-4-10-19)13-18-16-5-7-17(8-6-16)20-11-12-21-17/h15-16,18H,2-14H2,1H3. The van der Waals surface area contributed by atoms with Crippen molar-refractivity contribution >= 4 is 0 Å². The fraction of sp³-hybridized carbons (Fsp3) is 1.00. The van der Waals surface area contributed by atoms with Crippen molar-refractivity contribution in [2.45, 2.75) is 63.7 Å². The van der Waals surface area contributed by atoms with Crippen LogP contribution >= 0.6 is 0 Å². The zero-order chi connectivity index (χ0) is 14.5. The smallest absolute Gasteiger partial charge is 0.168 e. The molecule has 0 aromatic rings. The van der Waals surface area contributed by atoms with Crippen LogP contribution in [0.4, 0.5) is 0 Å². The minimum absolute atomic E-state index is 0.211. The highest BCUT2D eigenvalue weighted by Gasteiger charge is 2.40. The van der Waals surface area contributed by atoms with Crippen molar-refractivity contribution in [2.75, 3.05) is 39.4 Å². The molecule has 1 aliphatic carbocycles. The molecule has 0 aromatic heterocycles. The third-order valence-electron chi connectivity index (χ3n) is 5.33. The van der Waals surface area contributed by atoms with Crippen molar-refractivity contribution in [1.82, 2.24) is 10.2 Å². The average molecular weight is 296 g/mol. The summed E-state index contributed by atoms with van der Waals surface area (Å²) in [7, 11) is 0. The third-order valence-corrected chi connectivity index (χ3v) is 5.33. The lowest BCUT2D eigenvalue weighted by atomic mass is 9.90. The summed E-state index contributed by atoms with van der Waals surface area (Å²) in [6, 6.07) is 0.659. The molecule has 2 aliphatic heterocycles. The summed E-state index contributed by atoms with van der Waals surface area (Å²) in [6.07, 6.45) is 8.72. The van der Waals surface area contributed by atoms with Gasteiger partial charge in [-0.25, -0.2) is 0 Å². The molecule has 0 amide bonds. The highest BCUT2D eigenvalue weighted by atomic mass is 16.7. The van der Waals surface area contributed by atoms with Gasteiger partial charge >= 0.3 is 0 Å². The zero-order valence-corrected chi connectivity index (χ0v) is 13.6. The first kappa shape index (κ1) is 15.7. The Bertz CT molecular complexity index is 302. The largest absolute Gasteiger partial charge is 0.348 e. The molecule has 4 nitrogen and oxygen atoms in total. The minimum atomic E-state index is -0.211. The Hall–Kier alpha value is -0.160. The van der Waals surface area contributed by atoms with E-state index < -0.39 is 0 Å². The quantitative estimate of drug-likeness (QED) is 0.844. The molecule has 1 unspecified atom stereocenters. The molecule has 1 atom stereocenters. The van der Waals surface area contributed by atoms with E-state index in [-0.39, 0.29) is 5.79 Å². The summed E-state index contributed by atoms with van der Waals surface area (Å²) in [5, 5.41) is 3.78. The molecule has 2 saturated heterocycles. The van der Waals surface area contributed by atoms with Gasteiger partial charge in [0.05, 0.1) is 13.2 Å². The van der Waals surface area contributed by atoms with E-state index in [1.54, 1.807) is 0 Å². The van der Waals surface area contributed by atoms with Crippen LogP contribution in [0.1, 0.15) is 51.9 Å². The molecule has 3 rings (SSSR count). The van der Waals surface area contributed by atoms with Gasteiger partial charge in [-0.3, -0.25) is 0 Å². The van der Waals surface area contributed by atoms with Gasteiger partial charge in [-0.2, -0.15) is 0 Å². The number of nitrogens with zero attached hydrogens (tertiary/aromatic N) is 1. The summed E-state index contributed by atoms with van der Waals surface area (Å²) in [4.78, 5) is 2.64. The van der Waals surface area contributed by atoms with Crippen LogP contribution in [0.25, 0.3) is 0 Å². The SMILES string of the molecule is CC(CNC1CCC2(CC1)OCCO2)CN1CCCCC1. The highest BCUT2D eigenvalue weighted by molar-refractivity contribution is 4.85. The van der Waals surface area contributed by atoms with E-state index in [0.717, 1.165) is 38.5 Å². The first-order valence-electron chi connectivity index (χ1n) is 8.99. The molecule has 0 aromatic carbocycles. The number of hydrogen-bond donors (Lipinski definition) is 1. The Balaban J connectivity index is 1.32. The molecule has 3 aliphatic rings. The number of hydrogen-bond acceptors (Lipinski definition) is 4. The van der Waals surface area contributed by atoms with E-state index in [2.05, 4.69) is 17.1 Å². The predicted molar refractivity (Wildman–Crippen MR) is 84.3 cm³/mol. The van der Waals surface area contributed by atoms with Crippen molar-refractivity contribution in [3.8, 4) is 0 Å². The third kappa shape index (κ3) is 4.41. The van der Waals surface area contributed by atoms with Gasteiger partial charge in [0.25, 0.3) is 0 Å². The maximum absolute atomic E-state index is 5.80. The minimum Gasteiger partial charge on any atom is -0.348 e. The van der Waals surface area contributed by atoms with Gasteiger partial charge < -0.3 is 19.7 Å². The summed E-state index contributed by atoms with van der Waals surface area (Å²) < 4.78 is 11.6. The van der Waals surface area contributed by atoms with E-state index in [1.165, 1.54) is 51.7 Å². The van der Waals surface area contributed by atoms with Crippen molar-refractivity contribution < 1.29 is 9.47 Å². The van der Waals surface area contributed by atoms with Crippen molar-refractivity contribution in [3.63, 3.8) is 0 Å². The Labute approximate surface area is 129 Å². The molecular formula is C17H32N2O2. The topological polar surface area (TPSA) is 33.7 Å². The Morgan fingerprint density at radius 3 is 2.43 bits per heavy atom. The van der Waals surface area contributed by atoms with Crippen LogP contribution in [0.5, 0.6) is 0 Å². The van der Waals surface area contributed by atoms with Crippen LogP contribution in [0.3, 0.4) is 0 Å². The van der Waals surface area contributed by atoms with Gasteiger partial charge in [-0.15, -0.1) is 0 Å². The van der Waals surface area contributed by atoms with Gasteiger partial charge in [0, 0.05) is 25.4 Å². The van der Waals surface area contributed by atoms with Gasteiger partial charge in [-0.05, 0) is 51.2 Å². The maximum atomic E-state index is 5.80. The molecule has 0 bridgehead atoms. The van der Waals surface area contributed by atoms with E-state index in [0.29, 0.717) is 6.04 Å². The fourth-order valence-corrected chi connectivity index (χ4v) is 4.06. The zero-order valence-electron chi connectivity index (χ0n) is 13.6. The first-order chi connectivity index (χ1) is 10.3. The Kier molecular flexibility index (Phi) is 5.54. The molecular weight excluding hydrogens is 264 g/mol. The fourth-order valence-electron chi connectivity index (χ4n) is 4.06. The predicted octanol–water partition coefficient (Wildman–Crippen LogP) is 2.38. The number of likely N-dealkylation sites (tertiary alicyclic amines) is 1. The average Bonchev–Trinajstić information content (AvgIpc) is 2.96. The maximum Gasteiger partial charge on any atom is 0.168 e. The number of rotatable bonds is 5. The van der Waals surface area contributed by atoms with Gasteiger partial charge in [0.15, 0.2) is 5.79 Å². The Morgan fingerprint density at radius 2 is 1.76 bits per heavy atom. The molecule has 1 N–H and O–H groups in total. The van der Waals surface area contributed by atoms with E-state index in [9.17, 15) is 0 Å². The van der Waals surface area contributed by atoms with Crippen LogP contribution in [0, 0.1) is 5.92 Å². The lowest BCUT2D eigenvalue weighted by molar-refractivity contribution is -0.179. The van der Waals surface area contributed by atoms with Crippen molar-refractivity contribution in [2.24, 2.45) is 5.92 Å². The van der Waals surface area contributed by atoms with Gasteiger partial charge in [-0.1, -0.05) is 13.3 Å². The second-order valence-electron chi connectivity index (χ2n) is 7.26. The summed E-state index contributed by atoms with van der Waals surface area (Å²) in [5.41, 5.74) is 0. The second kappa shape index (κ2) is 7.40. The second-order valence-corrected chi connectivity index (χ2v) is 7.26. The molecule has 2 heterocycles. The van der Waals surface area contributed by atoms with E-state index in [4.69, 9.17) is 9.47 Å². The number of piperidine rings is 1. The molecule has 21 heavy (non-hydrogen) atoms. The van der Waals surface area contributed by atoms with Crippen LogP contribution in [0.15, 0.2) is 0 Å². The molecule has 1 spiro atoms. The van der Waals surface area contributed by atoms with E-state index >= 15 is 0 Å². The monoisotopic (exact) mass is 296 g/mol. The van der Waals surface area contributed by atoms with Gasteiger partial charge in [0.1, 0.15) is 0 Å². The summed E-state index contributed by atoms with van der Waals surface area (Å²) in [5.74, 6) is 0.537. The molecule has 3 fully saturated rings. The summed E-state index contributed by atoms with van der Waals surface area (Å²) in [6.45, 7) is 8.98. The van der Waals surface area contributed by atoms with Crippen LogP contribution in [-0.2, 0) is 9.47 Å². The van der Waals surface area contributed by atoms with E-state index in [1.807, 2.05) is 0 Å². The Morgan fingerprint density at radius 1 is 1.10 bits per heavy atom. The normalized spacial score (nSPS) is 29.0. The molecule has 122 valence electrons. The van der Waals surface area contributed by atoms with Crippen molar-refractivity contribution in [3.05, 3.63) is 0 Å². The van der Waals surface area contributed by atoms with Crippen molar-refractivity contribution in [1.29, 1.82) is 0 Å². The summed E-state index contributed by atoms with van der Waals surface area (Å²) >= 11 is 0. The van der Waals surface area contributed by atoms with Crippen LogP contribution in [0.2, 0.25) is 0 Å². The first-order valence-corrected chi connectivity index (χ1v) is 8.99. The lowest BCUT2D eigenvalue weighted by Gasteiger charge is -2.36. The molecule has 0 radical (unpaired) electrons. The lowest BCUT2D eigenvalue weighted by Crippen LogP contribution is -2.44. The van der Waals surface area contributed by atoms with Crippen LogP contribution in [-0.4, -0.2) is 56.1 Å².